The van der Waals surface area contributed by atoms with E-state index in [-0.39, 0.29) is 18.5 Å². The van der Waals surface area contributed by atoms with Gasteiger partial charge in [0.1, 0.15) is 12.3 Å². The number of benzene rings is 1. The minimum atomic E-state index is -0.150. The number of hydrogen-bond donors (Lipinski definition) is 1. The normalized spacial score (nSPS) is 13.7. The Labute approximate surface area is 158 Å². The molecule has 1 aromatic heterocycles. The number of carbonyl (C=O) groups excluding carboxylic acids is 2. The van der Waals surface area contributed by atoms with Crippen molar-refractivity contribution >= 4 is 17.6 Å². The number of pyridine rings is 1. The average Bonchev–Trinajstić information content (AvgIpc) is 3.04. The Hall–Kier alpha value is -3.09. The fraction of sp³-hybridized carbons (Fsp3) is 0.350. The van der Waals surface area contributed by atoms with Gasteiger partial charge in [0.05, 0.1) is 6.61 Å². The number of carbonyl (C=O) groups is 2. The molecule has 0 unspecified atom stereocenters. The van der Waals surface area contributed by atoms with Gasteiger partial charge in [0.25, 0.3) is 0 Å². The Balaban J connectivity index is 1.47. The molecule has 2 heterocycles. The van der Waals surface area contributed by atoms with Crippen LogP contribution in [0.3, 0.4) is 0 Å². The van der Waals surface area contributed by atoms with Crippen LogP contribution in [0.2, 0.25) is 0 Å². The number of amides is 3. The lowest BCUT2D eigenvalue weighted by molar-refractivity contribution is -0.121. The molecule has 3 amide bonds. The van der Waals surface area contributed by atoms with Crippen LogP contribution in [-0.4, -0.2) is 54.6 Å². The maximum atomic E-state index is 12.6. The molecule has 3 rings (SSSR count). The summed E-state index contributed by atoms with van der Waals surface area (Å²) in [5, 5.41) is 2.87. The van der Waals surface area contributed by atoms with Gasteiger partial charge in [-0.15, -0.1) is 0 Å². The highest BCUT2D eigenvalue weighted by Crippen LogP contribution is 2.23. The first-order valence-electron chi connectivity index (χ1n) is 9.12. The summed E-state index contributed by atoms with van der Waals surface area (Å²) in [6, 6.07) is 11.1. The first kappa shape index (κ1) is 18.7. The second-order valence-electron chi connectivity index (χ2n) is 6.24. The predicted molar refractivity (Wildman–Crippen MR) is 103 cm³/mol. The van der Waals surface area contributed by atoms with Gasteiger partial charge in [-0.2, -0.15) is 0 Å². The molecule has 1 aromatic carbocycles. The van der Waals surface area contributed by atoms with E-state index in [0.717, 1.165) is 23.4 Å². The van der Waals surface area contributed by atoms with Gasteiger partial charge in [0.2, 0.25) is 5.91 Å². The van der Waals surface area contributed by atoms with E-state index in [9.17, 15) is 9.59 Å². The van der Waals surface area contributed by atoms with Gasteiger partial charge in [-0.1, -0.05) is 0 Å². The van der Waals surface area contributed by atoms with E-state index in [0.29, 0.717) is 26.2 Å². The van der Waals surface area contributed by atoms with Crippen LogP contribution in [0.4, 0.5) is 10.5 Å². The lowest BCUT2D eigenvalue weighted by atomic mass is 10.2. The van der Waals surface area contributed by atoms with Gasteiger partial charge in [-0.25, -0.2) is 4.79 Å². The number of aromatic nitrogens is 1. The van der Waals surface area contributed by atoms with Crippen LogP contribution in [0, 0.1) is 0 Å². The number of ether oxygens (including phenoxy) is 1. The van der Waals surface area contributed by atoms with Crippen LogP contribution in [-0.2, 0) is 11.2 Å². The fourth-order valence-corrected chi connectivity index (χ4v) is 2.98. The molecular weight excluding hydrogens is 344 g/mol. The topological polar surface area (TPSA) is 74.8 Å². The second kappa shape index (κ2) is 9.02. The number of nitrogens with zero attached hydrogens (tertiary/aromatic N) is 3. The molecule has 142 valence electrons. The molecule has 1 fully saturated rings. The molecule has 0 aliphatic carbocycles. The van der Waals surface area contributed by atoms with Gasteiger partial charge < -0.3 is 15.0 Å². The lowest BCUT2D eigenvalue weighted by Crippen LogP contribution is -2.40. The van der Waals surface area contributed by atoms with E-state index in [2.05, 4.69) is 10.3 Å². The van der Waals surface area contributed by atoms with Crippen LogP contribution in [0.25, 0.3) is 0 Å². The summed E-state index contributed by atoms with van der Waals surface area (Å²) in [7, 11) is 0. The molecule has 7 nitrogen and oxygen atoms in total. The maximum absolute atomic E-state index is 12.6. The number of hydrogen-bond acceptors (Lipinski definition) is 4. The highest BCUT2D eigenvalue weighted by atomic mass is 16.5. The van der Waals surface area contributed by atoms with Crippen LogP contribution in [0.5, 0.6) is 5.75 Å². The molecule has 27 heavy (non-hydrogen) atoms. The SMILES string of the molecule is CCOc1ccc(N2CCN(CC(=O)NCCc3ccncc3)C2=O)cc1. The quantitative estimate of drug-likeness (QED) is 0.774. The summed E-state index contributed by atoms with van der Waals surface area (Å²) in [5.74, 6) is 0.629. The first-order valence-corrected chi connectivity index (χ1v) is 9.12. The third-order valence-corrected chi connectivity index (χ3v) is 4.37. The molecule has 1 aliphatic rings. The minimum Gasteiger partial charge on any atom is -0.494 e. The Morgan fingerprint density at radius 1 is 1.15 bits per heavy atom. The van der Waals surface area contributed by atoms with Crippen LogP contribution < -0.4 is 15.0 Å². The Morgan fingerprint density at radius 2 is 1.89 bits per heavy atom. The van der Waals surface area contributed by atoms with Crippen molar-refractivity contribution in [2.75, 3.05) is 37.7 Å². The summed E-state index contributed by atoms with van der Waals surface area (Å²) in [6.45, 7) is 4.24. The largest absolute Gasteiger partial charge is 0.494 e. The van der Waals surface area contributed by atoms with Crippen LogP contribution in [0.15, 0.2) is 48.8 Å². The summed E-state index contributed by atoms with van der Waals surface area (Å²) in [6.07, 6.45) is 4.20. The number of rotatable bonds is 8. The molecule has 1 N–H and O–H groups in total. The molecule has 7 heteroatoms. The molecule has 0 spiro atoms. The maximum Gasteiger partial charge on any atom is 0.325 e. The van der Waals surface area contributed by atoms with Crippen LogP contribution >= 0.6 is 0 Å². The van der Waals surface area contributed by atoms with E-state index in [1.807, 2.05) is 43.3 Å². The Morgan fingerprint density at radius 3 is 2.59 bits per heavy atom. The van der Waals surface area contributed by atoms with E-state index >= 15 is 0 Å². The molecule has 1 aliphatic heterocycles. The van der Waals surface area contributed by atoms with Crippen molar-refractivity contribution in [1.29, 1.82) is 0 Å². The van der Waals surface area contributed by atoms with Gasteiger partial charge in [-0.05, 0) is 55.3 Å². The number of anilines is 1. The zero-order valence-corrected chi connectivity index (χ0v) is 15.4. The fourth-order valence-electron chi connectivity index (χ4n) is 2.98. The third-order valence-electron chi connectivity index (χ3n) is 4.37. The Bertz CT molecular complexity index is 765. The van der Waals surface area contributed by atoms with Gasteiger partial charge in [0, 0.05) is 37.7 Å². The Kier molecular flexibility index (Phi) is 6.25. The highest BCUT2D eigenvalue weighted by molar-refractivity contribution is 5.96. The molecule has 0 radical (unpaired) electrons. The smallest absolute Gasteiger partial charge is 0.325 e. The highest BCUT2D eigenvalue weighted by Gasteiger charge is 2.30. The second-order valence-corrected chi connectivity index (χ2v) is 6.24. The molecule has 2 aromatic rings. The number of nitrogens with one attached hydrogen (secondary N) is 1. The number of urea groups is 1. The monoisotopic (exact) mass is 368 g/mol. The van der Waals surface area contributed by atoms with Crippen molar-refractivity contribution in [1.82, 2.24) is 15.2 Å². The average molecular weight is 368 g/mol. The molecule has 0 saturated carbocycles. The summed E-state index contributed by atoms with van der Waals surface area (Å²) >= 11 is 0. The van der Waals surface area contributed by atoms with Crippen LogP contribution in [0.1, 0.15) is 12.5 Å². The summed E-state index contributed by atoms with van der Waals surface area (Å²) in [4.78, 5) is 31.9. The van der Waals surface area contributed by atoms with Crippen molar-refractivity contribution in [2.45, 2.75) is 13.3 Å². The minimum absolute atomic E-state index is 0.0721. The van der Waals surface area contributed by atoms with Gasteiger partial charge in [0.15, 0.2) is 0 Å². The molecule has 0 atom stereocenters. The lowest BCUT2D eigenvalue weighted by Gasteiger charge is -2.18. The van der Waals surface area contributed by atoms with Crippen molar-refractivity contribution in [3.63, 3.8) is 0 Å². The van der Waals surface area contributed by atoms with Crippen molar-refractivity contribution in [2.24, 2.45) is 0 Å². The van der Waals surface area contributed by atoms with E-state index in [1.165, 1.54) is 0 Å². The summed E-state index contributed by atoms with van der Waals surface area (Å²) in [5.41, 5.74) is 1.92. The first-order chi connectivity index (χ1) is 13.2. The standard InChI is InChI=1S/C20H24N4O3/c1-2-27-18-5-3-17(4-6-18)24-14-13-23(20(24)26)15-19(25)22-12-9-16-7-10-21-11-8-16/h3-8,10-11H,2,9,12-15H2,1H3,(H,22,25). The third kappa shape index (κ3) is 4.97. The van der Waals surface area contributed by atoms with Gasteiger partial charge in [-0.3, -0.25) is 14.7 Å². The molecule has 0 bridgehead atoms. The zero-order valence-electron chi connectivity index (χ0n) is 15.4. The van der Waals surface area contributed by atoms with Crippen molar-refractivity contribution < 1.29 is 14.3 Å². The predicted octanol–water partition coefficient (Wildman–Crippen LogP) is 2.08. The summed E-state index contributed by atoms with van der Waals surface area (Å²) < 4.78 is 5.42. The van der Waals surface area contributed by atoms with Crippen molar-refractivity contribution in [3.05, 3.63) is 54.4 Å². The van der Waals surface area contributed by atoms with Gasteiger partial charge >= 0.3 is 6.03 Å². The molecule has 1 saturated heterocycles. The van der Waals surface area contributed by atoms with E-state index in [4.69, 9.17) is 4.74 Å². The van der Waals surface area contributed by atoms with E-state index in [1.54, 1.807) is 22.2 Å². The van der Waals surface area contributed by atoms with Crippen molar-refractivity contribution in [3.8, 4) is 5.75 Å². The van der Waals surface area contributed by atoms with E-state index < -0.39 is 0 Å². The molecular formula is C20H24N4O3. The zero-order chi connectivity index (χ0) is 19.1.